The molecular formula is C12H18N2O3S. The molecule has 0 heterocycles. The molecule has 0 aliphatic carbocycles. The van der Waals surface area contributed by atoms with Crippen LogP contribution >= 0.6 is 0 Å². The molecule has 18 heavy (non-hydrogen) atoms. The van der Waals surface area contributed by atoms with Gasteiger partial charge in [0.15, 0.2) is 9.84 Å². The summed E-state index contributed by atoms with van der Waals surface area (Å²) in [6, 6.07) is 7.71. The van der Waals surface area contributed by atoms with Crippen molar-refractivity contribution in [2.24, 2.45) is 0 Å². The second-order valence-corrected chi connectivity index (χ2v) is 5.72. The van der Waals surface area contributed by atoms with Crippen molar-refractivity contribution >= 4 is 15.9 Å². The first-order chi connectivity index (χ1) is 8.51. The monoisotopic (exact) mass is 270 g/mol. The summed E-state index contributed by atoms with van der Waals surface area (Å²) in [7, 11) is -3.46. The van der Waals surface area contributed by atoms with Crippen molar-refractivity contribution in [3.63, 3.8) is 0 Å². The Balaban J connectivity index is 2.66. The highest BCUT2D eigenvalue weighted by Gasteiger charge is 2.16. The molecule has 0 fully saturated rings. The van der Waals surface area contributed by atoms with E-state index in [2.05, 4.69) is 5.32 Å². The van der Waals surface area contributed by atoms with Crippen LogP contribution in [0.2, 0.25) is 0 Å². The van der Waals surface area contributed by atoms with Crippen molar-refractivity contribution in [3.8, 4) is 0 Å². The van der Waals surface area contributed by atoms with Gasteiger partial charge in [0.25, 0.3) is 0 Å². The number of sulfone groups is 1. The quantitative estimate of drug-likeness (QED) is 0.881. The van der Waals surface area contributed by atoms with E-state index in [-0.39, 0.29) is 16.8 Å². The van der Waals surface area contributed by atoms with Gasteiger partial charge < -0.3 is 10.2 Å². The molecule has 0 bridgehead atoms. The second-order valence-electron chi connectivity index (χ2n) is 3.73. The molecule has 5 nitrogen and oxygen atoms in total. The zero-order valence-electron chi connectivity index (χ0n) is 10.6. The minimum atomic E-state index is -3.46. The van der Waals surface area contributed by atoms with E-state index < -0.39 is 9.84 Å². The van der Waals surface area contributed by atoms with Gasteiger partial charge in [0.05, 0.1) is 4.90 Å². The summed E-state index contributed by atoms with van der Waals surface area (Å²) < 4.78 is 23.8. The minimum Gasteiger partial charge on any atom is -0.325 e. The van der Waals surface area contributed by atoms with Crippen molar-refractivity contribution < 1.29 is 13.2 Å². The number of urea groups is 1. The van der Waals surface area contributed by atoms with Crippen molar-refractivity contribution in [2.75, 3.05) is 19.0 Å². The SMILES string of the molecule is CCN(CC)C(=O)NCS(=O)(=O)c1ccccc1. The Kier molecular flexibility index (Phi) is 5.15. The lowest BCUT2D eigenvalue weighted by Crippen LogP contribution is -2.41. The third-order valence-corrected chi connectivity index (χ3v) is 4.08. The Morgan fingerprint density at radius 3 is 2.22 bits per heavy atom. The average molecular weight is 270 g/mol. The number of rotatable bonds is 5. The fourth-order valence-electron chi connectivity index (χ4n) is 1.49. The molecule has 1 aromatic carbocycles. The second kappa shape index (κ2) is 6.39. The highest BCUT2D eigenvalue weighted by molar-refractivity contribution is 7.91. The van der Waals surface area contributed by atoms with Crippen LogP contribution in [0.1, 0.15) is 13.8 Å². The first-order valence-corrected chi connectivity index (χ1v) is 7.47. The Labute approximate surface area is 108 Å². The zero-order valence-corrected chi connectivity index (χ0v) is 11.4. The summed E-state index contributed by atoms with van der Waals surface area (Å²) in [4.78, 5) is 13.4. The predicted octanol–water partition coefficient (Wildman–Crippen LogP) is 1.47. The average Bonchev–Trinajstić information content (AvgIpc) is 2.39. The Morgan fingerprint density at radius 1 is 1.17 bits per heavy atom. The maximum absolute atomic E-state index is 11.9. The summed E-state index contributed by atoms with van der Waals surface area (Å²) in [5.74, 6) is -0.383. The Morgan fingerprint density at radius 2 is 1.72 bits per heavy atom. The number of nitrogens with one attached hydrogen (secondary N) is 1. The summed E-state index contributed by atoms with van der Waals surface area (Å²) in [5.41, 5.74) is 0. The number of carbonyl (C=O) groups is 1. The molecule has 2 amide bonds. The standard InChI is InChI=1S/C12H18N2O3S/c1-3-14(4-2)12(15)13-10-18(16,17)11-8-6-5-7-9-11/h5-9H,3-4,10H2,1-2H3,(H,13,15). The number of amides is 2. The summed E-state index contributed by atoms with van der Waals surface area (Å²) in [6.45, 7) is 4.78. The molecule has 0 spiro atoms. The third kappa shape index (κ3) is 3.73. The van der Waals surface area contributed by atoms with Gasteiger partial charge in [-0.1, -0.05) is 18.2 Å². The van der Waals surface area contributed by atoms with Gasteiger partial charge in [-0.3, -0.25) is 0 Å². The van der Waals surface area contributed by atoms with E-state index in [1.54, 1.807) is 18.2 Å². The van der Waals surface area contributed by atoms with Gasteiger partial charge in [0.2, 0.25) is 0 Å². The van der Waals surface area contributed by atoms with E-state index in [0.717, 1.165) is 0 Å². The molecule has 0 aliphatic rings. The van der Waals surface area contributed by atoms with Gasteiger partial charge >= 0.3 is 6.03 Å². The van der Waals surface area contributed by atoms with Crippen LogP contribution in [0.15, 0.2) is 35.2 Å². The Hall–Kier alpha value is -1.56. The molecule has 100 valence electrons. The first kappa shape index (κ1) is 14.5. The molecule has 0 saturated heterocycles. The van der Waals surface area contributed by atoms with Crippen LogP contribution in [0.3, 0.4) is 0 Å². The van der Waals surface area contributed by atoms with Crippen LogP contribution in [-0.2, 0) is 9.84 Å². The van der Waals surface area contributed by atoms with E-state index >= 15 is 0 Å². The van der Waals surface area contributed by atoms with Crippen molar-refractivity contribution in [3.05, 3.63) is 30.3 Å². The molecule has 1 rings (SSSR count). The summed E-state index contributed by atoms with van der Waals surface area (Å²) >= 11 is 0. The molecule has 6 heteroatoms. The first-order valence-electron chi connectivity index (χ1n) is 5.81. The summed E-state index contributed by atoms with van der Waals surface area (Å²) in [5, 5.41) is 2.42. The van der Waals surface area contributed by atoms with Crippen molar-refractivity contribution in [1.29, 1.82) is 0 Å². The fourth-order valence-corrected chi connectivity index (χ4v) is 2.54. The largest absolute Gasteiger partial charge is 0.325 e. The van der Waals surface area contributed by atoms with Gasteiger partial charge in [0, 0.05) is 13.1 Å². The molecule has 0 unspecified atom stereocenters. The van der Waals surface area contributed by atoms with Gasteiger partial charge in [0.1, 0.15) is 5.88 Å². The molecule has 0 radical (unpaired) electrons. The van der Waals surface area contributed by atoms with E-state index in [4.69, 9.17) is 0 Å². The lowest BCUT2D eigenvalue weighted by molar-refractivity contribution is 0.205. The van der Waals surface area contributed by atoms with Crippen molar-refractivity contribution in [2.45, 2.75) is 18.7 Å². The number of benzene rings is 1. The third-order valence-electron chi connectivity index (χ3n) is 2.57. The number of hydrogen-bond acceptors (Lipinski definition) is 3. The van der Waals surface area contributed by atoms with Gasteiger partial charge in [-0.2, -0.15) is 0 Å². The molecule has 1 N–H and O–H groups in total. The molecule has 0 saturated carbocycles. The van der Waals surface area contributed by atoms with E-state index in [1.807, 2.05) is 13.8 Å². The smallest absolute Gasteiger partial charge is 0.318 e. The van der Waals surface area contributed by atoms with Crippen LogP contribution in [0.4, 0.5) is 4.79 Å². The predicted molar refractivity (Wildman–Crippen MR) is 69.9 cm³/mol. The van der Waals surface area contributed by atoms with E-state index in [1.165, 1.54) is 17.0 Å². The molecular weight excluding hydrogens is 252 g/mol. The minimum absolute atomic E-state index is 0.213. The summed E-state index contributed by atoms with van der Waals surface area (Å²) in [6.07, 6.45) is 0. The molecule has 0 aliphatic heterocycles. The lowest BCUT2D eigenvalue weighted by atomic mass is 10.4. The van der Waals surface area contributed by atoms with Crippen LogP contribution in [0, 0.1) is 0 Å². The maximum Gasteiger partial charge on any atom is 0.318 e. The highest BCUT2D eigenvalue weighted by Crippen LogP contribution is 2.08. The number of carbonyl (C=O) groups excluding carboxylic acids is 1. The van der Waals surface area contributed by atoms with Gasteiger partial charge in [-0.05, 0) is 26.0 Å². The van der Waals surface area contributed by atoms with Gasteiger partial charge in [-0.15, -0.1) is 0 Å². The van der Waals surface area contributed by atoms with E-state index in [0.29, 0.717) is 13.1 Å². The molecule has 0 aromatic heterocycles. The van der Waals surface area contributed by atoms with Gasteiger partial charge in [-0.25, -0.2) is 13.2 Å². The zero-order chi connectivity index (χ0) is 13.6. The van der Waals surface area contributed by atoms with Crippen molar-refractivity contribution in [1.82, 2.24) is 10.2 Å². The maximum atomic E-state index is 11.9. The van der Waals surface area contributed by atoms with E-state index in [9.17, 15) is 13.2 Å². The van der Waals surface area contributed by atoms with Crippen LogP contribution in [0.25, 0.3) is 0 Å². The fraction of sp³-hybridized carbons (Fsp3) is 0.417. The normalized spacial score (nSPS) is 11.0. The molecule has 1 aromatic rings. The lowest BCUT2D eigenvalue weighted by Gasteiger charge is -2.19. The molecule has 0 atom stereocenters. The van der Waals surface area contributed by atoms with Crippen LogP contribution in [-0.4, -0.2) is 38.3 Å². The van der Waals surface area contributed by atoms with Crippen LogP contribution in [0.5, 0.6) is 0 Å². The topological polar surface area (TPSA) is 66.5 Å². The number of nitrogens with zero attached hydrogens (tertiary/aromatic N) is 1. The Bertz CT molecular complexity index is 481. The highest BCUT2D eigenvalue weighted by atomic mass is 32.2. The van der Waals surface area contributed by atoms with Crippen LogP contribution < -0.4 is 5.32 Å². The number of hydrogen-bond donors (Lipinski definition) is 1.